The summed E-state index contributed by atoms with van der Waals surface area (Å²) in [6.45, 7) is 13.6. The molecule has 0 radical (unpaired) electrons. The predicted molar refractivity (Wildman–Crippen MR) is 75.9 cm³/mol. The molecule has 0 unspecified atom stereocenters. The Morgan fingerprint density at radius 1 is 1.47 bits per heavy atom. The Labute approximate surface area is 104 Å². The van der Waals surface area contributed by atoms with Gasteiger partial charge < -0.3 is 10.2 Å². The lowest BCUT2D eigenvalue weighted by atomic mass is 9.93. The molecule has 0 atom stereocenters. The maximum Gasteiger partial charge on any atom is 0.0605 e. The molecule has 2 rings (SSSR count). The first-order valence-electron chi connectivity index (χ1n) is 6.22. The van der Waals surface area contributed by atoms with Crippen LogP contribution in [0.1, 0.15) is 19.4 Å². The van der Waals surface area contributed by atoms with Gasteiger partial charge in [-0.3, -0.25) is 0 Å². The number of benzene rings is 1. The van der Waals surface area contributed by atoms with Crippen molar-refractivity contribution >= 4 is 11.4 Å². The first-order valence-corrected chi connectivity index (χ1v) is 6.22. The Morgan fingerprint density at radius 2 is 2.24 bits per heavy atom. The zero-order valence-corrected chi connectivity index (χ0v) is 11.1. The standard InChI is InChI=1S/C15H22N2/c1-5-8-17-11-15(3,4)10-16-13-9-12(2)6-7-14(13)17/h5-7,9,16H,1,8,10-11H2,2-4H3. The van der Waals surface area contributed by atoms with Crippen LogP contribution < -0.4 is 10.2 Å². The molecule has 2 nitrogen and oxygen atoms in total. The van der Waals surface area contributed by atoms with Crippen molar-refractivity contribution < 1.29 is 0 Å². The van der Waals surface area contributed by atoms with E-state index in [4.69, 9.17) is 0 Å². The average Bonchev–Trinajstić information content (AvgIpc) is 2.37. The van der Waals surface area contributed by atoms with Gasteiger partial charge in [-0.2, -0.15) is 0 Å². The van der Waals surface area contributed by atoms with Crippen LogP contribution >= 0.6 is 0 Å². The lowest BCUT2D eigenvalue weighted by Gasteiger charge is -2.30. The largest absolute Gasteiger partial charge is 0.383 e. The molecule has 2 heteroatoms. The Balaban J connectivity index is 2.40. The van der Waals surface area contributed by atoms with Crippen molar-refractivity contribution in [2.45, 2.75) is 20.8 Å². The normalized spacial score (nSPS) is 17.9. The third-order valence-corrected chi connectivity index (χ3v) is 3.22. The molecule has 0 bridgehead atoms. The van der Waals surface area contributed by atoms with Crippen molar-refractivity contribution in [3.8, 4) is 0 Å². The van der Waals surface area contributed by atoms with E-state index in [1.165, 1.54) is 16.9 Å². The number of nitrogens with one attached hydrogen (secondary N) is 1. The van der Waals surface area contributed by atoms with E-state index < -0.39 is 0 Å². The van der Waals surface area contributed by atoms with E-state index >= 15 is 0 Å². The van der Waals surface area contributed by atoms with Crippen LogP contribution in [-0.2, 0) is 0 Å². The summed E-state index contributed by atoms with van der Waals surface area (Å²) in [5.41, 5.74) is 4.11. The van der Waals surface area contributed by atoms with Gasteiger partial charge in [-0.15, -0.1) is 6.58 Å². The molecule has 0 aromatic heterocycles. The van der Waals surface area contributed by atoms with Gasteiger partial charge in [0.05, 0.1) is 11.4 Å². The minimum Gasteiger partial charge on any atom is -0.383 e. The molecule has 1 aliphatic rings. The van der Waals surface area contributed by atoms with Gasteiger partial charge in [-0.25, -0.2) is 0 Å². The summed E-state index contributed by atoms with van der Waals surface area (Å²) in [5, 5.41) is 3.57. The Morgan fingerprint density at radius 3 is 2.94 bits per heavy atom. The fourth-order valence-electron chi connectivity index (χ4n) is 2.38. The van der Waals surface area contributed by atoms with Crippen molar-refractivity contribution in [3.63, 3.8) is 0 Å². The third kappa shape index (κ3) is 2.63. The molecule has 0 aliphatic carbocycles. The SMILES string of the molecule is C=CCN1CC(C)(C)CNc2cc(C)ccc21. The molecule has 0 fully saturated rings. The topological polar surface area (TPSA) is 15.3 Å². The van der Waals surface area contributed by atoms with Crippen molar-refractivity contribution in [2.24, 2.45) is 5.41 Å². The lowest BCUT2D eigenvalue weighted by Crippen LogP contribution is -2.35. The monoisotopic (exact) mass is 230 g/mol. The van der Waals surface area contributed by atoms with Gasteiger partial charge >= 0.3 is 0 Å². The number of nitrogens with zero attached hydrogens (tertiary/aromatic N) is 1. The maximum atomic E-state index is 3.86. The second-order valence-corrected chi connectivity index (χ2v) is 5.71. The number of anilines is 2. The maximum absolute atomic E-state index is 3.86. The molecule has 0 amide bonds. The van der Waals surface area contributed by atoms with Crippen molar-refractivity contribution in [2.75, 3.05) is 29.9 Å². The van der Waals surface area contributed by atoms with Crippen molar-refractivity contribution in [1.82, 2.24) is 0 Å². The van der Waals surface area contributed by atoms with E-state index in [1.54, 1.807) is 0 Å². The molecule has 92 valence electrons. The van der Waals surface area contributed by atoms with Gasteiger partial charge in [-0.05, 0) is 30.0 Å². The number of hydrogen-bond donors (Lipinski definition) is 1. The molecule has 0 saturated heterocycles. The molecule has 1 heterocycles. The fraction of sp³-hybridized carbons (Fsp3) is 0.467. The highest BCUT2D eigenvalue weighted by atomic mass is 15.2. The Kier molecular flexibility index (Phi) is 3.14. The number of aryl methyl sites for hydroxylation is 1. The van der Waals surface area contributed by atoms with Crippen LogP contribution in [0.15, 0.2) is 30.9 Å². The second kappa shape index (κ2) is 4.44. The van der Waals surface area contributed by atoms with Gasteiger partial charge in [0.2, 0.25) is 0 Å². The van der Waals surface area contributed by atoms with Crippen LogP contribution in [0.3, 0.4) is 0 Å². The minimum atomic E-state index is 0.274. The Hall–Kier alpha value is -1.44. The van der Waals surface area contributed by atoms with E-state index in [1.807, 2.05) is 6.08 Å². The minimum absolute atomic E-state index is 0.274. The van der Waals surface area contributed by atoms with E-state index in [9.17, 15) is 0 Å². The molecule has 1 aliphatic heterocycles. The van der Waals surface area contributed by atoms with Gasteiger partial charge in [-0.1, -0.05) is 26.0 Å². The second-order valence-electron chi connectivity index (χ2n) is 5.71. The van der Waals surface area contributed by atoms with Crippen LogP contribution in [0.4, 0.5) is 11.4 Å². The Bertz CT molecular complexity index is 421. The van der Waals surface area contributed by atoms with Crippen LogP contribution in [-0.4, -0.2) is 19.6 Å². The van der Waals surface area contributed by atoms with Crippen LogP contribution in [0.2, 0.25) is 0 Å². The highest BCUT2D eigenvalue weighted by Gasteiger charge is 2.26. The summed E-state index contributed by atoms with van der Waals surface area (Å²) in [4.78, 5) is 2.40. The molecule has 1 N–H and O–H groups in total. The fourth-order valence-corrected chi connectivity index (χ4v) is 2.38. The number of hydrogen-bond acceptors (Lipinski definition) is 2. The van der Waals surface area contributed by atoms with Crippen molar-refractivity contribution in [3.05, 3.63) is 36.4 Å². The quantitative estimate of drug-likeness (QED) is 0.783. The molecule has 0 saturated carbocycles. The summed E-state index contributed by atoms with van der Waals surface area (Å²) in [6, 6.07) is 6.62. The van der Waals surface area contributed by atoms with E-state index in [0.717, 1.165) is 19.6 Å². The first kappa shape index (κ1) is 12.0. The number of rotatable bonds is 2. The van der Waals surface area contributed by atoms with E-state index in [-0.39, 0.29) is 5.41 Å². The molecule has 0 spiro atoms. The number of fused-ring (bicyclic) bond motifs is 1. The van der Waals surface area contributed by atoms with E-state index in [2.05, 4.69) is 55.8 Å². The predicted octanol–water partition coefficient (Wildman–Crippen LogP) is 3.44. The highest BCUT2D eigenvalue weighted by molar-refractivity contribution is 5.72. The molecular weight excluding hydrogens is 208 g/mol. The summed E-state index contributed by atoms with van der Waals surface area (Å²) in [7, 11) is 0. The van der Waals surface area contributed by atoms with Gasteiger partial charge in [0.1, 0.15) is 0 Å². The van der Waals surface area contributed by atoms with Crippen LogP contribution in [0.5, 0.6) is 0 Å². The summed E-state index contributed by atoms with van der Waals surface area (Å²) in [5.74, 6) is 0. The van der Waals surface area contributed by atoms with Gasteiger partial charge in [0.15, 0.2) is 0 Å². The lowest BCUT2D eigenvalue weighted by molar-refractivity contribution is 0.399. The zero-order valence-electron chi connectivity index (χ0n) is 11.1. The van der Waals surface area contributed by atoms with Gasteiger partial charge in [0.25, 0.3) is 0 Å². The molecule has 1 aromatic carbocycles. The first-order chi connectivity index (χ1) is 8.02. The molecular formula is C15H22N2. The third-order valence-electron chi connectivity index (χ3n) is 3.22. The van der Waals surface area contributed by atoms with E-state index in [0.29, 0.717) is 0 Å². The van der Waals surface area contributed by atoms with Crippen molar-refractivity contribution in [1.29, 1.82) is 0 Å². The molecule has 1 aromatic rings. The smallest absolute Gasteiger partial charge is 0.0605 e. The van der Waals surface area contributed by atoms with Gasteiger partial charge in [0, 0.05) is 19.6 Å². The van der Waals surface area contributed by atoms with Crippen LogP contribution in [0.25, 0.3) is 0 Å². The summed E-state index contributed by atoms with van der Waals surface area (Å²) < 4.78 is 0. The van der Waals surface area contributed by atoms with Crippen LogP contribution in [0, 0.1) is 12.3 Å². The molecule has 17 heavy (non-hydrogen) atoms. The average molecular weight is 230 g/mol. The highest BCUT2D eigenvalue weighted by Crippen LogP contribution is 2.33. The summed E-state index contributed by atoms with van der Waals surface area (Å²) >= 11 is 0. The summed E-state index contributed by atoms with van der Waals surface area (Å²) in [6.07, 6.45) is 1.98. The zero-order chi connectivity index (χ0) is 12.5.